The molecule has 2 aromatic heterocycles. The highest BCUT2D eigenvalue weighted by atomic mass is 32.1. The molecule has 138 valence electrons. The molecule has 4 rings (SSSR count). The zero-order valence-electron chi connectivity index (χ0n) is 14.7. The van der Waals surface area contributed by atoms with Gasteiger partial charge in [0.15, 0.2) is 5.13 Å². The Hall–Kier alpha value is -3.13. The van der Waals surface area contributed by atoms with Gasteiger partial charge in [0.05, 0.1) is 24.1 Å². The van der Waals surface area contributed by atoms with Gasteiger partial charge in [-0.25, -0.2) is 9.78 Å². The number of rotatable bonds is 3. The molecule has 0 saturated carbocycles. The number of thiazole rings is 1. The van der Waals surface area contributed by atoms with Crippen LogP contribution in [-0.4, -0.2) is 28.4 Å². The normalized spacial score (nSPS) is 13.1. The Morgan fingerprint density at radius 1 is 1.19 bits per heavy atom. The van der Waals surface area contributed by atoms with Gasteiger partial charge in [-0.05, 0) is 25.1 Å². The van der Waals surface area contributed by atoms with Crippen molar-refractivity contribution in [3.8, 4) is 0 Å². The number of urea groups is 1. The Labute approximate surface area is 160 Å². The van der Waals surface area contributed by atoms with Gasteiger partial charge in [0.2, 0.25) is 0 Å². The number of hydrogen-bond donors (Lipinski definition) is 2. The molecule has 3 amide bonds. The van der Waals surface area contributed by atoms with E-state index in [9.17, 15) is 9.59 Å². The Bertz CT molecular complexity index is 964. The molecule has 0 unspecified atom stereocenters. The third-order valence-electron chi connectivity index (χ3n) is 4.33. The lowest BCUT2D eigenvalue weighted by molar-refractivity contribution is 0.102. The van der Waals surface area contributed by atoms with Gasteiger partial charge in [-0.2, -0.15) is 0 Å². The van der Waals surface area contributed by atoms with Crippen LogP contribution >= 0.6 is 11.3 Å². The molecule has 1 aliphatic heterocycles. The molecular formula is C19H18N4O3S. The molecule has 0 spiro atoms. The lowest BCUT2D eigenvalue weighted by Gasteiger charge is -2.26. The molecule has 1 aliphatic rings. The van der Waals surface area contributed by atoms with Crippen molar-refractivity contribution in [1.82, 2.24) is 9.88 Å². The van der Waals surface area contributed by atoms with Gasteiger partial charge < -0.3 is 14.6 Å². The summed E-state index contributed by atoms with van der Waals surface area (Å²) in [5, 5.41) is 6.23. The number of amides is 3. The van der Waals surface area contributed by atoms with Crippen molar-refractivity contribution in [2.45, 2.75) is 19.9 Å². The van der Waals surface area contributed by atoms with Crippen LogP contribution in [0.3, 0.4) is 0 Å². The number of nitrogens with zero attached hydrogens (tertiary/aromatic N) is 2. The van der Waals surface area contributed by atoms with E-state index in [0.29, 0.717) is 30.2 Å². The average molecular weight is 382 g/mol. The second-order valence-corrected chi connectivity index (χ2v) is 7.41. The molecule has 8 heteroatoms. The Morgan fingerprint density at radius 3 is 2.74 bits per heavy atom. The first-order chi connectivity index (χ1) is 13.1. The van der Waals surface area contributed by atoms with Crippen molar-refractivity contribution in [2.75, 3.05) is 17.2 Å². The SMILES string of the molecule is Cc1ccc(NC(=O)N2CCc3nc(NC(=O)c4ccoc4)sc3C2)cc1. The number of hydrogen-bond acceptors (Lipinski definition) is 5. The van der Waals surface area contributed by atoms with Crippen molar-refractivity contribution >= 4 is 34.1 Å². The van der Waals surface area contributed by atoms with Crippen molar-refractivity contribution in [2.24, 2.45) is 0 Å². The van der Waals surface area contributed by atoms with Gasteiger partial charge >= 0.3 is 6.03 Å². The van der Waals surface area contributed by atoms with Crippen LogP contribution in [0.15, 0.2) is 47.3 Å². The van der Waals surface area contributed by atoms with E-state index in [4.69, 9.17) is 4.42 Å². The molecule has 0 atom stereocenters. The second-order valence-electron chi connectivity index (χ2n) is 6.32. The number of aromatic nitrogens is 1. The van der Waals surface area contributed by atoms with Crippen molar-refractivity contribution < 1.29 is 14.0 Å². The minimum atomic E-state index is -0.260. The number of anilines is 2. The predicted molar refractivity (Wildman–Crippen MR) is 103 cm³/mol. The summed E-state index contributed by atoms with van der Waals surface area (Å²) in [7, 11) is 0. The second kappa shape index (κ2) is 7.24. The predicted octanol–water partition coefficient (Wildman–Crippen LogP) is 3.89. The number of fused-ring (bicyclic) bond motifs is 1. The highest BCUT2D eigenvalue weighted by Crippen LogP contribution is 2.29. The standard InChI is InChI=1S/C19H18N4O3S/c1-12-2-4-14(5-3-12)20-19(25)23-8-6-15-16(10-23)27-18(21-15)22-17(24)13-7-9-26-11-13/h2-5,7,9,11H,6,8,10H2,1H3,(H,20,25)(H,21,22,24). The van der Waals surface area contributed by atoms with Crippen molar-refractivity contribution in [1.29, 1.82) is 0 Å². The fourth-order valence-corrected chi connectivity index (χ4v) is 3.84. The molecule has 0 fully saturated rings. The maximum absolute atomic E-state index is 12.5. The van der Waals surface area contributed by atoms with Gasteiger partial charge in [0.1, 0.15) is 6.26 Å². The van der Waals surface area contributed by atoms with Gasteiger partial charge in [0, 0.05) is 23.5 Å². The average Bonchev–Trinajstić information content (AvgIpc) is 3.32. The lowest BCUT2D eigenvalue weighted by Crippen LogP contribution is -2.38. The van der Waals surface area contributed by atoms with E-state index in [1.165, 1.54) is 23.9 Å². The lowest BCUT2D eigenvalue weighted by atomic mass is 10.2. The fourth-order valence-electron chi connectivity index (χ4n) is 2.82. The van der Waals surface area contributed by atoms with Crippen LogP contribution in [0.4, 0.5) is 15.6 Å². The Kier molecular flexibility index (Phi) is 4.64. The van der Waals surface area contributed by atoms with E-state index in [1.54, 1.807) is 11.0 Å². The summed E-state index contributed by atoms with van der Waals surface area (Å²) in [4.78, 5) is 31.9. The maximum atomic E-state index is 12.5. The molecule has 0 radical (unpaired) electrons. The molecule has 0 aliphatic carbocycles. The summed E-state index contributed by atoms with van der Waals surface area (Å²) >= 11 is 1.40. The van der Waals surface area contributed by atoms with Crippen LogP contribution in [0.1, 0.15) is 26.5 Å². The zero-order valence-corrected chi connectivity index (χ0v) is 15.5. The largest absolute Gasteiger partial charge is 0.472 e. The molecule has 2 N–H and O–H groups in total. The number of furan rings is 1. The summed E-state index contributed by atoms with van der Waals surface area (Å²) in [6.45, 7) is 3.07. The molecule has 0 saturated heterocycles. The number of benzene rings is 1. The van der Waals surface area contributed by atoms with Gasteiger partial charge in [-0.15, -0.1) is 0 Å². The van der Waals surface area contributed by atoms with Crippen LogP contribution in [0.2, 0.25) is 0 Å². The molecule has 3 heterocycles. The van der Waals surface area contributed by atoms with Crippen LogP contribution < -0.4 is 10.6 Å². The van der Waals surface area contributed by atoms with E-state index < -0.39 is 0 Å². The first kappa shape index (κ1) is 17.3. The third-order valence-corrected chi connectivity index (χ3v) is 5.32. The first-order valence-electron chi connectivity index (χ1n) is 8.53. The van der Waals surface area contributed by atoms with Crippen molar-refractivity contribution in [3.05, 3.63) is 64.6 Å². The van der Waals surface area contributed by atoms with Crippen LogP contribution in [0, 0.1) is 6.92 Å². The van der Waals surface area contributed by atoms with E-state index >= 15 is 0 Å². The third kappa shape index (κ3) is 3.85. The molecule has 0 bridgehead atoms. The smallest absolute Gasteiger partial charge is 0.322 e. The van der Waals surface area contributed by atoms with E-state index in [1.807, 2.05) is 31.2 Å². The summed E-state index contributed by atoms with van der Waals surface area (Å²) in [5.74, 6) is -0.260. The molecule has 3 aromatic rings. The van der Waals surface area contributed by atoms with Crippen LogP contribution in [0.5, 0.6) is 0 Å². The van der Waals surface area contributed by atoms with E-state index in [0.717, 1.165) is 21.8 Å². The van der Waals surface area contributed by atoms with Gasteiger partial charge in [0.25, 0.3) is 5.91 Å². The van der Waals surface area contributed by atoms with E-state index in [-0.39, 0.29) is 11.9 Å². The minimum Gasteiger partial charge on any atom is -0.472 e. The van der Waals surface area contributed by atoms with Crippen molar-refractivity contribution in [3.63, 3.8) is 0 Å². The Morgan fingerprint density at radius 2 is 2.00 bits per heavy atom. The zero-order chi connectivity index (χ0) is 18.8. The molecule has 1 aromatic carbocycles. The maximum Gasteiger partial charge on any atom is 0.322 e. The highest BCUT2D eigenvalue weighted by Gasteiger charge is 2.25. The molecule has 27 heavy (non-hydrogen) atoms. The van der Waals surface area contributed by atoms with Crippen LogP contribution in [-0.2, 0) is 13.0 Å². The number of aryl methyl sites for hydroxylation is 1. The summed E-state index contributed by atoms with van der Waals surface area (Å²) in [6, 6.07) is 9.16. The molecular weight excluding hydrogens is 364 g/mol. The monoisotopic (exact) mass is 382 g/mol. The topological polar surface area (TPSA) is 87.5 Å². The first-order valence-corrected chi connectivity index (χ1v) is 9.35. The van der Waals surface area contributed by atoms with Gasteiger partial charge in [-0.1, -0.05) is 29.0 Å². The number of carbonyl (C=O) groups excluding carboxylic acids is 2. The van der Waals surface area contributed by atoms with Gasteiger partial charge in [-0.3, -0.25) is 10.1 Å². The number of carbonyl (C=O) groups is 2. The highest BCUT2D eigenvalue weighted by molar-refractivity contribution is 7.15. The van der Waals surface area contributed by atoms with Crippen LogP contribution in [0.25, 0.3) is 0 Å². The quantitative estimate of drug-likeness (QED) is 0.719. The minimum absolute atomic E-state index is 0.137. The summed E-state index contributed by atoms with van der Waals surface area (Å²) in [6.07, 6.45) is 3.50. The molecule has 7 nitrogen and oxygen atoms in total. The summed E-state index contributed by atoms with van der Waals surface area (Å²) in [5.41, 5.74) is 3.29. The van der Waals surface area contributed by atoms with E-state index in [2.05, 4.69) is 15.6 Å². The Balaban J connectivity index is 1.40. The fraction of sp³-hybridized carbons (Fsp3) is 0.211. The summed E-state index contributed by atoms with van der Waals surface area (Å²) < 4.78 is 4.92. The number of nitrogens with one attached hydrogen (secondary N) is 2.